The first-order valence-electron chi connectivity index (χ1n) is 9.04. The minimum atomic E-state index is 0.0734. The van der Waals surface area contributed by atoms with Crippen molar-refractivity contribution in [2.75, 3.05) is 6.54 Å². The average Bonchev–Trinajstić information content (AvgIpc) is 3.34. The van der Waals surface area contributed by atoms with Crippen LogP contribution in [0.4, 0.5) is 0 Å². The topological polar surface area (TPSA) is 51.0 Å². The Balaban J connectivity index is 1.55. The first-order valence-corrected chi connectivity index (χ1v) is 9.04. The molecule has 1 amide bonds. The van der Waals surface area contributed by atoms with Gasteiger partial charge < -0.3 is 4.90 Å². The Labute approximate surface area is 153 Å². The van der Waals surface area contributed by atoms with Crippen molar-refractivity contribution in [3.63, 3.8) is 0 Å². The molecule has 3 aromatic rings. The maximum absolute atomic E-state index is 13.1. The Morgan fingerprint density at radius 1 is 1.15 bits per heavy atom. The second-order valence-corrected chi connectivity index (χ2v) is 6.72. The van der Waals surface area contributed by atoms with E-state index < -0.39 is 0 Å². The quantitative estimate of drug-likeness (QED) is 0.726. The van der Waals surface area contributed by atoms with E-state index in [-0.39, 0.29) is 11.9 Å². The molecular weight excluding hydrogens is 324 g/mol. The highest BCUT2D eigenvalue weighted by Crippen LogP contribution is 2.24. The van der Waals surface area contributed by atoms with Crippen LogP contribution < -0.4 is 0 Å². The number of rotatable bonds is 4. The lowest BCUT2D eigenvalue weighted by Crippen LogP contribution is -2.38. The van der Waals surface area contributed by atoms with Crippen molar-refractivity contribution in [1.82, 2.24) is 19.7 Å². The summed E-state index contributed by atoms with van der Waals surface area (Å²) in [4.78, 5) is 19.8. The summed E-state index contributed by atoms with van der Waals surface area (Å²) < 4.78 is 1.90. The fourth-order valence-electron chi connectivity index (χ4n) is 3.63. The summed E-state index contributed by atoms with van der Waals surface area (Å²) in [6, 6.07) is 16.0. The van der Waals surface area contributed by atoms with E-state index in [1.807, 2.05) is 71.2 Å². The Hall–Kier alpha value is -2.95. The number of carbonyl (C=O) groups excluding carboxylic acids is 1. The molecule has 0 N–H and O–H groups in total. The third kappa shape index (κ3) is 3.25. The number of hydrogen-bond donors (Lipinski definition) is 0. The molecule has 0 radical (unpaired) electrons. The van der Waals surface area contributed by atoms with Crippen LogP contribution in [0.25, 0.3) is 11.3 Å². The number of carbonyl (C=O) groups is 1. The van der Waals surface area contributed by atoms with E-state index in [2.05, 4.69) is 10.1 Å². The molecule has 5 nitrogen and oxygen atoms in total. The summed E-state index contributed by atoms with van der Waals surface area (Å²) in [5.74, 6) is 0.0734. The molecule has 1 aromatic carbocycles. The molecule has 1 fully saturated rings. The van der Waals surface area contributed by atoms with Crippen LogP contribution in [0.1, 0.15) is 28.9 Å². The standard InChI is InChI=1S/C21H22N4O/c1-16-19(10-11-20(23-16)17-7-3-2-4-8-17)21(26)25-14-5-9-18(25)15-24-13-6-12-22-24/h2-4,6-8,10-13,18H,5,9,14-15H2,1H3. The zero-order chi connectivity index (χ0) is 17.9. The van der Waals surface area contributed by atoms with Crippen LogP contribution in [0.15, 0.2) is 60.9 Å². The largest absolute Gasteiger partial charge is 0.334 e. The van der Waals surface area contributed by atoms with Crippen molar-refractivity contribution < 1.29 is 4.79 Å². The lowest BCUT2D eigenvalue weighted by molar-refractivity contribution is 0.0720. The zero-order valence-electron chi connectivity index (χ0n) is 14.9. The van der Waals surface area contributed by atoms with Gasteiger partial charge in [0.15, 0.2) is 0 Å². The molecule has 0 aliphatic carbocycles. The Bertz CT molecular complexity index is 890. The minimum absolute atomic E-state index is 0.0734. The highest BCUT2D eigenvalue weighted by Gasteiger charge is 2.30. The molecule has 1 unspecified atom stereocenters. The van der Waals surface area contributed by atoms with Crippen molar-refractivity contribution in [1.29, 1.82) is 0 Å². The van der Waals surface area contributed by atoms with Gasteiger partial charge in [0.2, 0.25) is 0 Å². The maximum Gasteiger partial charge on any atom is 0.256 e. The fourth-order valence-corrected chi connectivity index (χ4v) is 3.63. The molecule has 0 bridgehead atoms. The lowest BCUT2D eigenvalue weighted by atomic mass is 10.1. The molecule has 2 aromatic heterocycles. The number of amides is 1. The van der Waals surface area contributed by atoms with Crippen LogP contribution in [0.5, 0.6) is 0 Å². The Morgan fingerprint density at radius 2 is 2.00 bits per heavy atom. The van der Waals surface area contributed by atoms with Crippen molar-refractivity contribution in [2.45, 2.75) is 32.4 Å². The molecule has 1 saturated heterocycles. The molecular formula is C21H22N4O. The van der Waals surface area contributed by atoms with Crippen LogP contribution >= 0.6 is 0 Å². The summed E-state index contributed by atoms with van der Waals surface area (Å²) in [6.45, 7) is 3.45. The van der Waals surface area contributed by atoms with Gasteiger partial charge in [0.25, 0.3) is 5.91 Å². The van der Waals surface area contributed by atoms with E-state index in [1.165, 1.54) is 0 Å². The molecule has 3 heterocycles. The molecule has 132 valence electrons. The lowest BCUT2D eigenvalue weighted by Gasteiger charge is -2.25. The van der Waals surface area contributed by atoms with E-state index in [0.717, 1.165) is 42.9 Å². The summed E-state index contributed by atoms with van der Waals surface area (Å²) in [5.41, 5.74) is 3.43. The first-order chi connectivity index (χ1) is 12.7. The molecule has 0 saturated carbocycles. The number of benzene rings is 1. The maximum atomic E-state index is 13.1. The average molecular weight is 346 g/mol. The number of likely N-dealkylation sites (tertiary alicyclic amines) is 1. The number of hydrogen-bond acceptors (Lipinski definition) is 3. The molecule has 1 aliphatic heterocycles. The third-order valence-corrected chi connectivity index (χ3v) is 4.98. The van der Waals surface area contributed by atoms with Crippen LogP contribution in [-0.2, 0) is 6.54 Å². The summed E-state index contributed by atoms with van der Waals surface area (Å²) in [6.07, 6.45) is 5.77. The van der Waals surface area contributed by atoms with Gasteiger partial charge in [-0.25, -0.2) is 0 Å². The monoisotopic (exact) mass is 346 g/mol. The number of aromatic nitrogens is 3. The van der Waals surface area contributed by atoms with Crippen LogP contribution in [0.3, 0.4) is 0 Å². The van der Waals surface area contributed by atoms with Gasteiger partial charge in [0, 0.05) is 24.5 Å². The van der Waals surface area contributed by atoms with Crippen LogP contribution in [0, 0.1) is 6.92 Å². The smallest absolute Gasteiger partial charge is 0.256 e. The summed E-state index contributed by atoms with van der Waals surface area (Å²) in [7, 11) is 0. The highest BCUT2D eigenvalue weighted by atomic mass is 16.2. The number of pyridine rings is 1. The molecule has 1 atom stereocenters. The Kier molecular flexibility index (Phi) is 4.52. The molecule has 5 heteroatoms. The zero-order valence-corrected chi connectivity index (χ0v) is 14.9. The Morgan fingerprint density at radius 3 is 2.73 bits per heavy atom. The van der Waals surface area contributed by atoms with Crippen molar-refractivity contribution in [3.8, 4) is 11.3 Å². The second kappa shape index (κ2) is 7.12. The van der Waals surface area contributed by atoms with E-state index in [4.69, 9.17) is 0 Å². The van der Waals surface area contributed by atoms with Gasteiger partial charge in [-0.2, -0.15) is 5.10 Å². The van der Waals surface area contributed by atoms with Crippen LogP contribution in [-0.4, -0.2) is 38.2 Å². The second-order valence-electron chi connectivity index (χ2n) is 6.72. The van der Waals surface area contributed by atoms with Crippen molar-refractivity contribution in [2.24, 2.45) is 0 Å². The minimum Gasteiger partial charge on any atom is -0.334 e. The normalized spacial score (nSPS) is 16.8. The number of aryl methyl sites for hydroxylation is 1. The van der Waals surface area contributed by atoms with Gasteiger partial charge in [0.1, 0.15) is 0 Å². The van der Waals surface area contributed by atoms with Gasteiger partial charge in [-0.05, 0) is 38.0 Å². The predicted octanol–water partition coefficient (Wildman–Crippen LogP) is 3.56. The van der Waals surface area contributed by atoms with E-state index in [1.54, 1.807) is 6.20 Å². The third-order valence-electron chi connectivity index (χ3n) is 4.98. The predicted molar refractivity (Wildman–Crippen MR) is 101 cm³/mol. The summed E-state index contributed by atoms with van der Waals surface area (Å²) in [5, 5.41) is 4.28. The molecule has 0 spiro atoms. The van der Waals surface area contributed by atoms with Crippen LogP contribution in [0.2, 0.25) is 0 Å². The molecule has 4 rings (SSSR count). The van der Waals surface area contributed by atoms with Gasteiger partial charge in [-0.1, -0.05) is 30.3 Å². The molecule has 1 aliphatic rings. The summed E-state index contributed by atoms with van der Waals surface area (Å²) >= 11 is 0. The van der Waals surface area contributed by atoms with E-state index in [0.29, 0.717) is 5.56 Å². The van der Waals surface area contributed by atoms with Gasteiger partial charge in [-0.15, -0.1) is 0 Å². The fraction of sp³-hybridized carbons (Fsp3) is 0.286. The number of nitrogens with zero attached hydrogens (tertiary/aromatic N) is 4. The highest BCUT2D eigenvalue weighted by molar-refractivity contribution is 5.96. The van der Waals surface area contributed by atoms with Crippen molar-refractivity contribution >= 4 is 5.91 Å². The molecule has 26 heavy (non-hydrogen) atoms. The SMILES string of the molecule is Cc1nc(-c2ccccc2)ccc1C(=O)N1CCCC1Cn1cccn1. The van der Waals surface area contributed by atoms with Gasteiger partial charge >= 0.3 is 0 Å². The van der Waals surface area contributed by atoms with E-state index >= 15 is 0 Å². The first kappa shape index (κ1) is 16.5. The van der Waals surface area contributed by atoms with Gasteiger partial charge in [-0.3, -0.25) is 14.5 Å². The van der Waals surface area contributed by atoms with E-state index in [9.17, 15) is 4.79 Å². The van der Waals surface area contributed by atoms with Crippen molar-refractivity contribution in [3.05, 3.63) is 72.2 Å². The van der Waals surface area contributed by atoms with Gasteiger partial charge in [0.05, 0.1) is 29.5 Å².